The number of nitrogens with one attached hydrogen (secondary N) is 1. The lowest BCUT2D eigenvalue weighted by Gasteiger charge is -2.18. The molecule has 2 nitrogen and oxygen atoms in total. The van der Waals surface area contributed by atoms with Gasteiger partial charge in [-0.3, -0.25) is 0 Å². The second kappa shape index (κ2) is 5.88. The van der Waals surface area contributed by atoms with Crippen LogP contribution in [-0.4, -0.2) is 13.1 Å². The highest BCUT2D eigenvalue weighted by atomic mass is 32.1. The van der Waals surface area contributed by atoms with E-state index in [1.807, 2.05) is 11.3 Å². The monoisotopic (exact) mass is 286 g/mol. The summed E-state index contributed by atoms with van der Waals surface area (Å²) in [5.41, 5.74) is 3.99. The Balaban J connectivity index is 1.68. The van der Waals surface area contributed by atoms with E-state index in [1.165, 1.54) is 52.6 Å². The van der Waals surface area contributed by atoms with Gasteiger partial charge in [0.2, 0.25) is 0 Å². The topological polar surface area (TPSA) is 15.3 Å². The lowest BCUT2D eigenvalue weighted by atomic mass is 10.2. The Morgan fingerprint density at radius 1 is 1.15 bits per heavy atom. The molecule has 106 valence electrons. The van der Waals surface area contributed by atoms with Crippen molar-refractivity contribution in [3.63, 3.8) is 0 Å². The van der Waals surface area contributed by atoms with Crippen LogP contribution in [0, 0.1) is 13.8 Å². The summed E-state index contributed by atoms with van der Waals surface area (Å²) in [6.45, 7) is 7.70. The third kappa shape index (κ3) is 2.98. The van der Waals surface area contributed by atoms with Gasteiger partial charge in [0.05, 0.1) is 0 Å². The molecule has 0 radical (unpaired) electrons. The maximum absolute atomic E-state index is 3.56. The first kappa shape index (κ1) is 13.5. The van der Waals surface area contributed by atoms with Crippen LogP contribution >= 0.6 is 11.3 Å². The van der Waals surface area contributed by atoms with Crippen LogP contribution in [0.2, 0.25) is 0 Å². The molecule has 1 aromatic heterocycles. The summed E-state index contributed by atoms with van der Waals surface area (Å²) < 4.78 is 0. The van der Waals surface area contributed by atoms with Gasteiger partial charge >= 0.3 is 0 Å². The second-order valence-corrected chi connectivity index (χ2v) is 7.00. The molecular weight excluding hydrogens is 264 g/mol. The van der Waals surface area contributed by atoms with Crippen molar-refractivity contribution in [3.8, 4) is 0 Å². The minimum Gasteiger partial charge on any atom is -0.381 e. The Bertz CT molecular complexity index is 582. The van der Waals surface area contributed by atoms with Crippen molar-refractivity contribution >= 4 is 22.7 Å². The summed E-state index contributed by atoms with van der Waals surface area (Å²) in [6.07, 6.45) is 2.65. The molecule has 0 saturated carbocycles. The summed E-state index contributed by atoms with van der Waals surface area (Å²) in [6, 6.07) is 11.1. The Kier molecular flexibility index (Phi) is 3.97. The number of anilines is 2. The van der Waals surface area contributed by atoms with E-state index in [0.717, 1.165) is 6.54 Å². The zero-order valence-electron chi connectivity index (χ0n) is 12.3. The predicted octanol–water partition coefficient (Wildman–Crippen LogP) is 4.58. The van der Waals surface area contributed by atoms with Crippen molar-refractivity contribution in [2.24, 2.45) is 0 Å². The van der Waals surface area contributed by atoms with Gasteiger partial charge in [-0.1, -0.05) is 6.07 Å². The predicted molar refractivity (Wildman–Crippen MR) is 89.0 cm³/mol. The molecule has 0 atom stereocenters. The van der Waals surface area contributed by atoms with Gasteiger partial charge in [0.25, 0.3) is 0 Å². The molecular formula is C17H22N2S. The molecule has 1 N–H and O–H groups in total. The first-order valence-electron chi connectivity index (χ1n) is 7.37. The third-order valence-corrected chi connectivity index (χ3v) is 4.95. The van der Waals surface area contributed by atoms with Gasteiger partial charge in [-0.2, -0.15) is 0 Å². The highest BCUT2D eigenvalue weighted by Gasteiger charge is 2.12. The van der Waals surface area contributed by atoms with E-state index in [-0.39, 0.29) is 0 Å². The molecule has 0 unspecified atom stereocenters. The minimum absolute atomic E-state index is 0.916. The highest BCUT2D eigenvalue weighted by Crippen LogP contribution is 2.25. The number of benzene rings is 1. The van der Waals surface area contributed by atoms with Gasteiger partial charge in [0, 0.05) is 40.8 Å². The van der Waals surface area contributed by atoms with Gasteiger partial charge < -0.3 is 10.2 Å². The van der Waals surface area contributed by atoms with Crippen molar-refractivity contribution in [1.82, 2.24) is 0 Å². The largest absolute Gasteiger partial charge is 0.381 e. The average Bonchev–Trinajstić information content (AvgIpc) is 3.07. The fourth-order valence-corrected chi connectivity index (χ4v) is 3.79. The van der Waals surface area contributed by atoms with E-state index in [2.05, 4.69) is 54.4 Å². The van der Waals surface area contributed by atoms with Gasteiger partial charge in [0.15, 0.2) is 0 Å². The van der Waals surface area contributed by atoms with Gasteiger partial charge in [-0.05, 0) is 56.5 Å². The number of thiophene rings is 1. The first-order valence-corrected chi connectivity index (χ1v) is 8.19. The maximum Gasteiger partial charge on any atom is 0.0411 e. The lowest BCUT2D eigenvalue weighted by molar-refractivity contribution is 0.949. The second-order valence-electron chi connectivity index (χ2n) is 5.54. The Morgan fingerprint density at radius 3 is 2.65 bits per heavy atom. The molecule has 0 amide bonds. The van der Waals surface area contributed by atoms with Crippen LogP contribution in [0.1, 0.15) is 28.2 Å². The third-order valence-electron chi connectivity index (χ3n) is 3.94. The number of nitrogens with zero attached hydrogens (tertiary/aromatic N) is 1. The number of rotatable bonds is 4. The zero-order chi connectivity index (χ0) is 13.9. The molecule has 1 saturated heterocycles. The molecule has 0 bridgehead atoms. The van der Waals surface area contributed by atoms with Gasteiger partial charge in [-0.25, -0.2) is 0 Å². The first-order chi connectivity index (χ1) is 9.72. The summed E-state index contributed by atoms with van der Waals surface area (Å²) >= 11 is 1.88. The van der Waals surface area contributed by atoms with E-state index >= 15 is 0 Å². The molecule has 0 spiro atoms. The van der Waals surface area contributed by atoms with E-state index in [0.29, 0.717) is 0 Å². The van der Waals surface area contributed by atoms with Crippen molar-refractivity contribution in [3.05, 3.63) is 45.6 Å². The van der Waals surface area contributed by atoms with Gasteiger partial charge in [-0.15, -0.1) is 11.3 Å². The molecule has 1 fully saturated rings. The fourth-order valence-electron chi connectivity index (χ4n) is 2.84. The SMILES string of the molecule is Cc1cc(CNc2cccc(N3CCCC3)c2)c(C)s1. The molecule has 2 aromatic rings. The molecule has 20 heavy (non-hydrogen) atoms. The quantitative estimate of drug-likeness (QED) is 0.885. The lowest BCUT2D eigenvalue weighted by Crippen LogP contribution is -2.17. The van der Waals surface area contributed by atoms with Crippen molar-refractivity contribution in [1.29, 1.82) is 0 Å². The van der Waals surface area contributed by atoms with E-state index < -0.39 is 0 Å². The molecule has 0 aliphatic carbocycles. The van der Waals surface area contributed by atoms with Crippen LogP contribution in [-0.2, 0) is 6.54 Å². The Labute approximate surface area is 125 Å². The summed E-state index contributed by atoms with van der Waals surface area (Å²) in [5.74, 6) is 0. The van der Waals surface area contributed by atoms with Crippen molar-refractivity contribution < 1.29 is 0 Å². The van der Waals surface area contributed by atoms with E-state index in [4.69, 9.17) is 0 Å². The van der Waals surface area contributed by atoms with Crippen LogP contribution in [0.15, 0.2) is 30.3 Å². The smallest absolute Gasteiger partial charge is 0.0411 e. The average molecular weight is 286 g/mol. The fraction of sp³-hybridized carbons (Fsp3) is 0.412. The maximum atomic E-state index is 3.56. The zero-order valence-corrected chi connectivity index (χ0v) is 13.1. The standard InChI is InChI=1S/C17H22N2S/c1-13-10-15(14(2)20-13)12-18-16-6-5-7-17(11-16)19-8-3-4-9-19/h5-7,10-11,18H,3-4,8-9,12H2,1-2H3. The molecule has 1 aromatic carbocycles. The summed E-state index contributed by atoms with van der Waals surface area (Å²) in [7, 11) is 0. The summed E-state index contributed by atoms with van der Waals surface area (Å²) in [5, 5.41) is 3.56. The summed E-state index contributed by atoms with van der Waals surface area (Å²) in [4.78, 5) is 5.29. The van der Waals surface area contributed by atoms with Gasteiger partial charge in [0.1, 0.15) is 0 Å². The molecule has 1 aliphatic heterocycles. The molecule has 2 heterocycles. The number of aryl methyl sites for hydroxylation is 2. The highest BCUT2D eigenvalue weighted by molar-refractivity contribution is 7.12. The molecule has 3 heteroatoms. The van der Waals surface area contributed by atoms with Crippen LogP contribution in [0.5, 0.6) is 0 Å². The van der Waals surface area contributed by atoms with Crippen molar-refractivity contribution in [2.45, 2.75) is 33.2 Å². The Hall–Kier alpha value is -1.48. The van der Waals surface area contributed by atoms with E-state index in [1.54, 1.807) is 0 Å². The molecule has 1 aliphatic rings. The Morgan fingerprint density at radius 2 is 1.95 bits per heavy atom. The molecule has 3 rings (SSSR count). The van der Waals surface area contributed by atoms with Crippen LogP contribution in [0.25, 0.3) is 0 Å². The van der Waals surface area contributed by atoms with Crippen LogP contribution in [0.3, 0.4) is 0 Å². The normalized spacial score (nSPS) is 14.8. The van der Waals surface area contributed by atoms with Crippen LogP contribution in [0.4, 0.5) is 11.4 Å². The number of hydrogen-bond donors (Lipinski definition) is 1. The minimum atomic E-state index is 0.916. The number of hydrogen-bond acceptors (Lipinski definition) is 3. The van der Waals surface area contributed by atoms with Crippen LogP contribution < -0.4 is 10.2 Å². The van der Waals surface area contributed by atoms with Crippen molar-refractivity contribution in [2.75, 3.05) is 23.3 Å². The van der Waals surface area contributed by atoms with E-state index in [9.17, 15) is 0 Å².